The van der Waals surface area contributed by atoms with Crippen LogP contribution in [0.4, 0.5) is 0 Å². The van der Waals surface area contributed by atoms with Gasteiger partial charge in [0.1, 0.15) is 5.15 Å². The van der Waals surface area contributed by atoms with Crippen LogP contribution < -0.4 is 0 Å². The molecule has 1 atom stereocenters. The molecule has 0 aliphatic rings. The van der Waals surface area contributed by atoms with Crippen LogP contribution in [0.2, 0.25) is 5.15 Å². The Bertz CT molecular complexity index is 303. The molecule has 0 fully saturated rings. The Kier molecular flexibility index (Phi) is 2.59. The number of rotatable bonds is 1. The molecular formula is C6H6ClNO2S. The van der Waals surface area contributed by atoms with E-state index in [0.717, 1.165) is 0 Å². The zero-order chi connectivity index (χ0) is 8.43. The summed E-state index contributed by atoms with van der Waals surface area (Å²) in [6.45, 7) is 1.63. The standard InChI is InChI=1S/C6H6ClNO2S/c1-4-5(11(9)10)2-3-6(7)8-4/h2-3H,1H3,(H,9,10). The van der Waals surface area contributed by atoms with Crippen molar-refractivity contribution >= 4 is 22.7 Å². The normalized spacial score (nSPS) is 13.0. The predicted molar refractivity (Wildman–Crippen MR) is 43.0 cm³/mol. The highest BCUT2D eigenvalue weighted by atomic mass is 35.5. The van der Waals surface area contributed by atoms with Crippen molar-refractivity contribution in [3.63, 3.8) is 0 Å². The smallest absolute Gasteiger partial charge is 0.188 e. The number of hydrogen-bond acceptors (Lipinski definition) is 2. The monoisotopic (exact) mass is 191 g/mol. The summed E-state index contributed by atoms with van der Waals surface area (Å²) in [5.41, 5.74) is 0.485. The molecule has 1 heterocycles. The molecule has 1 aromatic heterocycles. The van der Waals surface area contributed by atoms with Crippen LogP contribution in [0.3, 0.4) is 0 Å². The van der Waals surface area contributed by atoms with Gasteiger partial charge in [-0.2, -0.15) is 0 Å². The predicted octanol–water partition coefficient (Wildman–Crippen LogP) is 1.62. The second-order valence-electron chi connectivity index (χ2n) is 1.97. The molecule has 0 saturated heterocycles. The van der Waals surface area contributed by atoms with Crippen molar-refractivity contribution in [3.8, 4) is 0 Å². The van der Waals surface area contributed by atoms with Gasteiger partial charge in [-0.05, 0) is 19.1 Å². The fourth-order valence-corrected chi connectivity index (χ4v) is 1.37. The molecule has 0 aliphatic carbocycles. The van der Waals surface area contributed by atoms with Crippen molar-refractivity contribution in [3.05, 3.63) is 23.0 Å². The van der Waals surface area contributed by atoms with Gasteiger partial charge in [-0.25, -0.2) is 9.19 Å². The molecule has 11 heavy (non-hydrogen) atoms. The van der Waals surface area contributed by atoms with Crippen molar-refractivity contribution in [2.24, 2.45) is 0 Å². The summed E-state index contributed by atoms with van der Waals surface area (Å²) in [4.78, 5) is 4.11. The third-order valence-corrected chi connectivity index (χ3v) is 2.21. The lowest BCUT2D eigenvalue weighted by molar-refractivity contribution is 0.563. The summed E-state index contributed by atoms with van der Waals surface area (Å²) in [5.74, 6) is 0. The van der Waals surface area contributed by atoms with Crippen molar-refractivity contribution in [1.29, 1.82) is 0 Å². The second kappa shape index (κ2) is 3.30. The molecule has 0 spiro atoms. The minimum atomic E-state index is -1.97. The van der Waals surface area contributed by atoms with Gasteiger partial charge in [0.15, 0.2) is 11.1 Å². The largest absolute Gasteiger partial charge is 0.302 e. The zero-order valence-electron chi connectivity index (χ0n) is 5.74. The van der Waals surface area contributed by atoms with Gasteiger partial charge in [-0.3, -0.25) is 0 Å². The molecule has 0 aromatic carbocycles. The average Bonchev–Trinajstić information content (AvgIpc) is 1.85. The lowest BCUT2D eigenvalue weighted by Gasteiger charge is -1.98. The van der Waals surface area contributed by atoms with E-state index in [0.29, 0.717) is 15.7 Å². The third kappa shape index (κ3) is 1.99. The quantitative estimate of drug-likeness (QED) is 0.542. The van der Waals surface area contributed by atoms with E-state index in [9.17, 15) is 4.21 Å². The van der Waals surface area contributed by atoms with Crippen LogP contribution in [0, 0.1) is 6.92 Å². The number of aryl methyl sites for hydroxylation is 1. The van der Waals surface area contributed by atoms with Crippen molar-refractivity contribution in [2.45, 2.75) is 11.8 Å². The van der Waals surface area contributed by atoms with E-state index in [1.807, 2.05) is 0 Å². The molecule has 60 valence electrons. The first-order valence-electron chi connectivity index (χ1n) is 2.85. The van der Waals surface area contributed by atoms with Gasteiger partial charge < -0.3 is 4.55 Å². The highest BCUT2D eigenvalue weighted by Gasteiger charge is 2.04. The molecule has 1 N–H and O–H groups in total. The van der Waals surface area contributed by atoms with Gasteiger partial charge in [0.25, 0.3) is 0 Å². The number of halogens is 1. The van der Waals surface area contributed by atoms with Gasteiger partial charge in [-0.15, -0.1) is 0 Å². The first-order chi connectivity index (χ1) is 5.11. The van der Waals surface area contributed by atoms with Gasteiger partial charge in [0.05, 0.1) is 10.6 Å². The van der Waals surface area contributed by atoms with Crippen LogP contribution >= 0.6 is 11.6 Å². The topological polar surface area (TPSA) is 50.2 Å². The van der Waals surface area contributed by atoms with E-state index in [4.69, 9.17) is 16.2 Å². The zero-order valence-corrected chi connectivity index (χ0v) is 7.32. The molecule has 0 aliphatic heterocycles. The molecule has 1 rings (SSSR count). The maximum atomic E-state index is 10.6. The average molecular weight is 192 g/mol. The molecule has 0 saturated carbocycles. The van der Waals surface area contributed by atoms with E-state index >= 15 is 0 Å². The molecule has 0 radical (unpaired) electrons. The lowest BCUT2D eigenvalue weighted by Crippen LogP contribution is -1.94. The number of aromatic nitrogens is 1. The van der Waals surface area contributed by atoms with E-state index in [1.165, 1.54) is 12.1 Å². The fourth-order valence-electron chi connectivity index (χ4n) is 0.702. The molecule has 0 bridgehead atoms. The van der Waals surface area contributed by atoms with Crippen molar-refractivity contribution in [2.75, 3.05) is 0 Å². The first kappa shape index (κ1) is 8.64. The Morgan fingerprint density at radius 3 is 2.73 bits per heavy atom. The minimum absolute atomic E-state index is 0.300. The Balaban J connectivity index is 3.20. The van der Waals surface area contributed by atoms with E-state index in [-0.39, 0.29) is 0 Å². The lowest BCUT2D eigenvalue weighted by atomic mass is 10.4. The molecule has 0 amide bonds. The maximum Gasteiger partial charge on any atom is 0.188 e. The Morgan fingerprint density at radius 1 is 1.64 bits per heavy atom. The summed E-state index contributed by atoms with van der Waals surface area (Å²) < 4.78 is 19.2. The van der Waals surface area contributed by atoms with E-state index in [1.54, 1.807) is 6.92 Å². The Labute approximate surface area is 71.7 Å². The Morgan fingerprint density at radius 2 is 2.27 bits per heavy atom. The summed E-state index contributed by atoms with van der Waals surface area (Å²) in [5, 5.41) is 0.330. The molecule has 5 heteroatoms. The van der Waals surface area contributed by atoms with Crippen LogP contribution in [-0.4, -0.2) is 13.7 Å². The van der Waals surface area contributed by atoms with Crippen LogP contribution in [0.5, 0.6) is 0 Å². The highest BCUT2D eigenvalue weighted by molar-refractivity contribution is 7.79. The van der Waals surface area contributed by atoms with Crippen molar-refractivity contribution in [1.82, 2.24) is 4.98 Å². The number of nitrogens with zero attached hydrogens (tertiary/aromatic N) is 1. The molecular weight excluding hydrogens is 186 g/mol. The van der Waals surface area contributed by atoms with Gasteiger partial charge >= 0.3 is 0 Å². The fraction of sp³-hybridized carbons (Fsp3) is 0.167. The van der Waals surface area contributed by atoms with Gasteiger partial charge in [0.2, 0.25) is 0 Å². The van der Waals surface area contributed by atoms with Crippen LogP contribution in [0.25, 0.3) is 0 Å². The number of hydrogen-bond donors (Lipinski definition) is 1. The van der Waals surface area contributed by atoms with Crippen molar-refractivity contribution < 1.29 is 8.76 Å². The van der Waals surface area contributed by atoms with Gasteiger partial charge in [-0.1, -0.05) is 11.6 Å². The van der Waals surface area contributed by atoms with Gasteiger partial charge in [0, 0.05) is 0 Å². The summed E-state index contributed by atoms with van der Waals surface area (Å²) in [6.07, 6.45) is 0. The first-order valence-corrected chi connectivity index (χ1v) is 4.33. The second-order valence-corrected chi connectivity index (χ2v) is 3.29. The highest BCUT2D eigenvalue weighted by Crippen LogP contribution is 2.12. The summed E-state index contributed by atoms with van der Waals surface area (Å²) in [6, 6.07) is 2.97. The van der Waals surface area contributed by atoms with E-state index in [2.05, 4.69) is 4.98 Å². The third-order valence-electron chi connectivity index (χ3n) is 1.19. The molecule has 3 nitrogen and oxygen atoms in total. The van der Waals surface area contributed by atoms with Crippen LogP contribution in [0.1, 0.15) is 5.69 Å². The minimum Gasteiger partial charge on any atom is -0.302 e. The van der Waals surface area contributed by atoms with Crippen LogP contribution in [0.15, 0.2) is 17.0 Å². The SMILES string of the molecule is Cc1nc(Cl)ccc1S(=O)O. The summed E-state index contributed by atoms with van der Waals surface area (Å²) in [7, 11) is 0. The maximum absolute atomic E-state index is 10.6. The van der Waals surface area contributed by atoms with Crippen LogP contribution in [-0.2, 0) is 11.1 Å². The number of pyridine rings is 1. The summed E-state index contributed by atoms with van der Waals surface area (Å²) >= 11 is 3.56. The Hall–Kier alpha value is -0.450. The molecule has 1 unspecified atom stereocenters. The molecule has 1 aromatic rings. The van der Waals surface area contributed by atoms with E-state index < -0.39 is 11.1 Å².